The maximum Gasteiger partial charge on any atom is 0.228 e. The fourth-order valence-corrected chi connectivity index (χ4v) is 1.47. The Hall–Kier alpha value is -2.02. The third-order valence-corrected chi connectivity index (χ3v) is 2.28. The number of anilines is 2. The van der Waals surface area contributed by atoms with Gasteiger partial charge in [0, 0.05) is 18.9 Å². The number of nitrogens with zero attached hydrogens (tertiary/aromatic N) is 4. The Kier molecular flexibility index (Phi) is 3.01. The van der Waals surface area contributed by atoms with Crippen molar-refractivity contribution in [3.8, 4) is 0 Å². The lowest BCUT2D eigenvalue weighted by molar-refractivity contribution is 0.768. The second-order valence-electron chi connectivity index (χ2n) is 3.61. The van der Waals surface area contributed by atoms with Gasteiger partial charge < -0.3 is 11.1 Å². The number of nitrogens with one attached hydrogen (secondary N) is 1. The molecule has 0 atom stereocenters. The van der Waals surface area contributed by atoms with Crippen molar-refractivity contribution in [3.05, 3.63) is 29.8 Å². The summed E-state index contributed by atoms with van der Waals surface area (Å²) in [4.78, 5) is 8.71. The molecule has 0 aliphatic rings. The molecule has 2 rings (SSSR count). The highest BCUT2D eigenvalue weighted by atomic mass is 32.1. The number of hydrogen-bond acceptors (Lipinski definition) is 5. The average molecular weight is 248 g/mol. The van der Waals surface area contributed by atoms with Crippen LogP contribution in [0, 0.1) is 6.92 Å². The quantitative estimate of drug-likeness (QED) is 0.785. The molecule has 0 amide bonds. The van der Waals surface area contributed by atoms with Gasteiger partial charge in [-0.15, -0.1) is 0 Å². The van der Waals surface area contributed by atoms with E-state index in [4.69, 9.17) is 18.0 Å². The van der Waals surface area contributed by atoms with E-state index < -0.39 is 0 Å². The van der Waals surface area contributed by atoms with Crippen LogP contribution in [0.4, 0.5) is 11.6 Å². The van der Waals surface area contributed by atoms with Crippen LogP contribution < -0.4 is 11.1 Å². The molecule has 0 aliphatic heterocycles. The van der Waals surface area contributed by atoms with Gasteiger partial charge in [-0.3, -0.25) is 4.68 Å². The molecular formula is C10H12N6S. The van der Waals surface area contributed by atoms with Crippen LogP contribution in [0.25, 0.3) is 0 Å². The van der Waals surface area contributed by atoms with Gasteiger partial charge in [0.15, 0.2) is 0 Å². The van der Waals surface area contributed by atoms with Crippen LogP contribution in [0.15, 0.2) is 18.5 Å². The second-order valence-corrected chi connectivity index (χ2v) is 4.05. The van der Waals surface area contributed by atoms with Crippen molar-refractivity contribution in [1.82, 2.24) is 19.7 Å². The van der Waals surface area contributed by atoms with Gasteiger partial charge in [-0.05, 0) is 13.0 Å². The number of aryl methyl sites for hydroxylation is 2. The molecule has 0 fully saturated rings. The largest absolute Gasteiger partial charge is 0.388 e. The molecule has 3 N–H and O–H groups in total. The van der Waals surface area contributed by atoms with Gasteiger partial charge in [-0.2, -0.15) is 5.10 Å². The molecule has 6 nitrogen and oxygen atoms in total. The number of aromatic nitrogens is 4. The van der Waals surface area contributed by atoms with Gasteiger partial charge in [-0.25, -0.2) is 9.97 Å². The molecule has 0 saturated carbocycles. The molecular weight excluding hydrogens is 236 g/mol. The summed E-state index contributed by atoms with van der Waals surface area (Å²) in [5.41, 5.74) is 7.71. The van der Waals surface area contributed by atoms with Crippen molar-refractivity contribution in [2.45, 2.75) is 6.92 Å². The summed E-state index contributed by atoms with van der Waals surface area (Å²) >= 11 is 4.89. The van der Waals surface area contributed by atoms with Crippen LogP contribution in [0.2, 0.25) is 0 Å². The van der Waals surface area contributed by atoms with Crippen molar-refractivity contribution in [2.24, 2.45) is 12.8 Å². The molecule has 2 aromatic rings. The van der Waals surface area contributed by atoms with Crippen LogP contribution in [-0.4, -0.2) is 24.7 Å². The Morgan fingerprint density at radius 3 is 2.82 bits per heavy atom. The lowest BCUT2D eigenvalue weighted by Crippen LogP contribution is -2.13. The summed E-state index contributed by atoms with van der Waals surface area (Å²) in [6, 6.07) is 1.75. The minimum atomic E-state index is 0.254. The molecule has 0 aromatic carbocycles. The highest BCUT2D eigenvalue weighted by Crippen LogP contribution is 2.12. The fraction of sp³-hybridized carbons (Fsp3) is 0.200. The lowest BCUT2D eigenvalue weighted by atomic mass is 10.3. The van der Waals surface area contributed by atoms with Gasteiger partial charge in [0.05, 0.1) is 11.9 Å². The minimum absolute atomic E-state index is 0.254. The van der Waals surface area contributed by atoms with Crippen LogP contribution in [0.3, 0.4) is 0 Å². The zero-order valence-corrected chi connectivity index (χ0v) is 10.3. The van der Waals surface area contributed by atoms with Crippen molar-refractivity contribution in [3.63, 3.8) is 0 Å². The van der Waals surface area contributed by atoms with E-state index in [9.17, 15) is 0 Å². The number of thiocarbonyl (C=S) groups is 1. The van der Waals surface area contributed by atoms with Gasteiger partial charge in [-0.1, -0.05) is 12.2 Å². The van der Waals surface area contributed by atoms with E-state index in [2.05, 4.69) is 20.4 Å². The van der Waals surface area contributed by atoms with E-state index in [1.165, 1.54) is 0 Å². The Morgan fingerprint density at radius 2 is 2.24 bits per heavy atom. The Bertz CT molecular complexity index is 562. The highest BCUT2D eigenvalue weighted by molar-refractivity contribution is 7.80. The maximum atomic E-state index is 5.55. The molecule has 0 saturated heterocycles. The summed E-state index contributed by atoms with van der Waals surface area (Å²) in [6.45, 7) is 1.86. The topological polar surface area (TPSA) is 81.6 Å². The van der Waals surface area contributed by atoms with E-state index in [1.807, 2.05) is 20.2 Å². The standard InChI is InChI=1S/C10H12N6S/c1-6-3-8(9(11)17)15-10(13-6)14-7-4-12-16(2)5-7/h3-5H,1-2H3,(H2,11,17)(H,13,14,15). The summed E-state index contributed by atoms with van der Waals surface area (Å²) in [7, 11) is 1.84. The zero-order valence-electron chi connectivity index (χ0n) is 9.51. The van der Waals surface area contributed by atoms with Crippen LogP contribution in [0.1, 0.15) is 11.4 Å². The summed E-state index contributed by atoms with van der Waals surface area (Å²) < 4.78 is 1.69. The van der Waals surface area contributed by atoms with E-state index in [1.54, 1.807) is 16.9 Å². The minimum Gasteiger partial charge on any atom is -0.388 e. The first kappa shape index (κ1) is 11.5. The molecule has 0 radical (unpaired) electrons. The summed E-state index contributed by atoms with van der Waals surface area (Å²) in [5, 5.41) is 7.08. The second kappa shape index (κ2) is 4.46. The van der Waals surface area contributed by atoms with Crippen molar-refractivity contribution in [1.29, 1.82) is 0 Å². The predicted molar refractivity (Wildman–Crippen MR) is 69.1 cm³/mol. The number of hydrogen-bond donors (Lipinski definition) is 2. The van der Waals surface area contributed by atoms with Crippen molar-refractivity contribution < 1.29 is 0 Å². The normalized spacial score (nSPS) is 10.2. The molecule has 17 heavy (non-hydrogen) atoms. The molecule has 7 heteroatoms. The Labute approximate surface area is 104 Å². The monoisotopic (exact) mass is 248 g/mol. The van der Waals surface area contributed by atoms with Crippen LogP contribution >= 0.6 is 12.2 Å². The number of nitrogens with two attached hydrogens (primary N) is 1. The molecule has 0 aliphatic carbocycles. The van der Waals surface area contributed by atoms with Gasteiger partial charge in [0.2, 0.25) is 5.95 Å². The molecule has 2 aromatic heterocycles. The molecule has 88 valence electrons. The zero-order chi connectivity index (χ0) is 12.4. The van der Waals surface area contributed by atoms with E-state index in [0.29, 0.717) is 11.6 Å². The molecule has 0 bridgehead atoms. The van der Waals surface area contributed by atoms with E-state index in [-0.39, 0.29) is 4.99 Å². The van der Waals surface area contributed by atoms with Gasteiger partial charge in [0.1, 0.15) is 10.7 Å². The molecule has 2 heterocycles. The third-order valence-electron chi connectivity index (χ3n) is 2.07. The average Bonchev–Trinajstić information content (AvgIpc) is 2.63. The van der Waals surface area contributed by atoms with Crippen LogP contribution in [-0.2, 0) is 7.05 Å². The molecule has 0 spiro atoms. The Balaban J connectivity index is 2.29. The van der Waals surface area contributed by atoms with E-state index in [0.717, 1.165) is 11.4 Å². The van der Waals surface area contributed by atoms with Gasteiger partial charge in [0.25, 0.3) is 0 Å². The predicted octanol–water partition coefficient (Wildman–Crippen LogP) is 0.896. The smallest absolute Gasteiger partial charge is 0.228 e. The molecule has 0 unspecified atom stereocenters. The van der Waals surface area contributed by atoms with Crippen molar-refractivity contribution in [2.75, 3.05) is 5.32 Å². The summed E-state index contributed by atoms with van der Waals surface area (Å²) in [5.74, 6) is 0.459. The van der Waals surface area contributed by atoms with Crippen molar-refractivity contribution >= 4 is 28.8 Å². The SMILES string of the molecule is Cc1cc(C(N)=S)nc(Nc2cnn(C)c2)n1. The Morgan fingerprint density at radius 1 is 1.47 bits per heavy atom. The highest BCUT2D eigenvalue weighted by Gasteiger charge is 2.05. The first-order valence-corrected chi connectivity index (χ1v) is 5.36. The maximum absolute atomic E-state index is 5.55. The van der Waals surface area contributed by atoms with Crippen LogP contribution in [0.5, 0.6) is 0 Å². The summed E-state index contributed by atoms with van der Waals surface area (Å²) in [6.07, 6.45) is 3.51. The fourth-order valence-electron chi connectivity index (χ4n) is 1.37. The first-order valence-electron chi connectivity index (χ1n) is 4.96. The third kappa shape index (κ3) is 2.76. The van der Waals surface area contributed by atoms with E-state index >= 15 is 0 Å². The lowest BCUT2D eigenvalue weighted by Gasteiger charge is -2.05. The first-order chi connectivity index (χ1) is 8.04. The van der Waals surface area contributed by atoms with Gasteiger partial charge >= 0.3 is 0 Å². The number of rotatable bonds is 3.